The summed E-state index contributed by atoms with van der Waals surface area (Å²) in [7, 11) is 2.02. The van der Waals surface area contributed by atoms with Gasteiger partial charge in [-0.3, -0.25) is 39.4 Å². The van der Waals surface area contributed by atoms with Crippen LogP contribution in [0, 0.1) is 0 Å². The molecule has 0 aromatic carbocycles. The van der Waals surface area contributed by atoms with E-state index in [1.165, 1.54) is 23.5 Å². The zero-order chi connectivity index (χ0) is 32.0. The maximum Gasteiger partial charge on any atom is 0.327 e. The van der Waals surface area contributed by atoms with Crippen LogP contribution in [0.5, 0.6) is 0 Å². The number of Topliss-reactive ketones (excluding diaryl/α,β-unsaturated/α-hetero) is 2. The highest BCUT2D eigenvalue weighted by Crippen LogP contribution is 2.26. The van der Waals surface area contributed by atoms with Crippen molar-refractivity contribution in [3.05, 3.63) is 0 Å². The molecule has 0 bridgehead atoms. The number of rotatable bonds is 15. The van der Waals surface area contributed by atoms with Gasteiger partial charge in [-0.05, 0) is 12.8 Å². The molecule has 4 heterocycles. The minimum Gasteiger partial charge on any atom is -0.480 e. The van der Waals surface area contributed by atoms with Gasteiger partial charge in [0.05, 0.1) is 24.2 Å². The van der Waals surface area contributed by atoms with Crippen molar-refractivity contribution in [3.8, 4) is 0 Å². The number of hydrogen-bond donors (Lipinski definition) is 8. The predicted molar refractivity (Wildman–Crippen MR) is 163 cm³/mol. The van der Waals surface area contributed by atoms with E-state index >= 15 is 0 Å². The molecular formula is C24H32N6O10S4. The predicted octanol–water partition coefficient (Wildman–Crippen LogP) is -2.74. The summed E-state index contributed by atoms with van der Waals surface area (Å²) in [5.74, 6) is -4.45. The van der Waals surface area contributed by atoms with Crippen molar-refractivity contribution in [2.75, 3.05) is 23.0 Å². The number of thioether (sulfide) groups is 2. The highest BCUT2D eigenvalue weighted by molar-refractivity contribution is 8.76. The molecule has 4 fully saturated rings. The summed E-state index contributed by atoms with van der Waals surface area (Å²) in [5, 5.41) is 33.6. The summed E-state index contributed by atoms with van der Waals surface area (Å²) >= 11 is 2.40. The van der Waals surface area contributed by atoms with Crippen LogP contribution in [0.25, 0.3) is 0 Å². The van der Waals surface area contributed by atoms with Gasteiger partial charge in [-0.2, -0.15) is 0 Å². The molecule has 0 aromatic rings. The van der Waals surface area contributed by atoms with E-state index in [2.05, 4.69) is 31.9 Å². The molecule has 4 aliphatic heterocycles. The second-order valence-electron chi connectivity index (χ2n) is 10.4. The van der Waals surface area contributed by atoms with Gasteiger partial charge in [0.1, 0.15) is 22.8 Å². The van der Waals surface area contributed by atoms with Crippen LogP contribution in [0.1, 0.15) is 25.7 Å². The molecule has 5 unspecified atom stereocenters. The first-order valence-electron chi connectivity index (χ1n) is 13.6. The average Bonchev–Trinajstić information content (AvgIpc) is 3.80. The first-order chi connectivity index (χ1) is 20.9. The van der Waals surface area contributed by atoms with Crippen molar-refractivity contribution in [1.82, 2.24) is 31.9 Å². The summed E-state index contributed by atoms with van der Waals surface area (Å²) < 4.78 is 0. The van der Waals surface area contributed by atoms with E-state index < -0.39 is 70.8 Å². The molecule has 0 spiro atoms. The Bertz CT molecular complexity index is 1120. The average molecular weight is 693 g/mol. The number of aliphatic carboxylic acids is 2. The minimum absolute atomic E-state index is 0.106. The van der Waals surface area contributed by atoms with Crippen LogP contribution >= 0.6 is 45.1 Å². The number of carbonyl (C=O) groups is 8. The summed E-state index contributed by atoms with van der Waals surface area (Å²) in [5.41, 5.74) is 0. The van der Waals surface area contributed by atoms with E-state index in [1.54, 1.807) is 0 Å². The number of amides is 4. The maximum absolute atomic E-state index is 12.7. The van der Waals surface area contributed by atoms with Crippen LogP contribution in [-0.2, 0) is 38.4 Å². The molecule has 0 aromatic heterocycles. The molecule has 4 aliphatic rings. The van der Waals surface area contributed by atoms with E-state index in [9.17, 15) is 48.6 Å². The van der Waals surface area contributed by atoms with Gasteiger partial charge in [0, 0.05) is 35.9 Å². The lowest BCUT2D eigenvalue weighted by atomic mass is 10.1. The molecule has 4 saturated heterocycles. The quantitative estimate of drug-likeness (QED) is 0.0641. The van der Waals surface area contributed by atoms with Crippen molar-refractivity contribution in [1.29, 1.82) is 0 Å². The van der Waals surface area contributed by atoms with Crippen LogP contribution in [0.2, 0.25) is 0 Å². The monoisotopic (exact) mass is 692 g/mol. The van der Waals surface area contributed by atoms with E-state index in [-0.39, 0.29) is 59.2 Å². The zero-order valence-electron chi connectivity index (χ0n) is 23.1. The lowest BCUT2D eigenvalue weighted by Gasteiger charge is -2.20. The lowest BCUT2D eigenvalue weighted by molar-refractivity contribution is -0.141. The summed E-state index contributed by atoms with van der Waals surface area (Å²) in [4.78, 5) is 96.9. The van der Waals surface area contributed by atoms with Crippen molar-refractivity contribution in [3.63, 3.8) is 0 Å². The van der Waals surface area contributed by atoms with Gasteiger partial charge in [-0.25, -0.2) is 9.59 Å². The second-order valence-corrected chi connectivity index (χ2v) is 15.2. The van der Waals surface area contributed by atoms with Crippen molar-refractivity contribution in [2.45, 2.75) is 72.7 Å². The highest BCUT2D eigenvalue weighted by Gasteiger charge is 2.41. The Morgan fingerprint density at radius 1 is 0.705 bits per heavy atom. The molecule has 4 amide bonds. The van der Waals surface area contributed by atoms with Crippen LogP contribution in [-0.4, -0.2) is 127 Å². The van der Waals surface area contributed by atoms with E-state index in [4.69, 9.17) is 0 Å². The fourth-order valence-electron chi connectivity index (χ4n) is 4.72. The number of carbonyl (C=O) groups excluding carboxylic acids is 6. The third-order valence-corrected chi connectivity index (χ3v) is 12.1. The van der Waals surface area contributed by atoms with E-state index in [0.29, 0.717) is 12.8 Å². The molecule has 8 N–H and O–H groups in total. The molecule has 0 saturated carbocycles. The zero-order valence-corrected chi connectivity index (χ0v) is 26.3. The highest BCUT2D eigenvalue weighted by atomic mass is 33.1. The van der Waals surface area contributed by atoms with Crippen LogP contribution in [0.4, 0.5) is 0 Å². The largest absolute Gasteiger partial charge is 0.480 e. The van der Waals surface area contributed by atoms with Gasteiger partial charge < -0.3 is 31.5 Å². The van der Waals surface area contributed by atoms with Gasteiger partial charge in [0.25, 0.3) is 0 Å². The number of carboxylic acids is 2. The third-order valence-electron chi connectivity index (χ3n) is 7.17. The Morgan fingerprint density at radius 2 is 1.09 bits per heavy atom. The molecule has 16 nitrogen and oxygen atoms in total. The van der Waals surface area contributed by atoms with Gasteiger partial charge in [-0.1, -0.05) is 21.6 Å². The number of nitrogens with one attached hydrogen (secondary N) is 6. The molecule has 44 heavy (non-hydrogen) atoms. The fraction of sp³-hybridized carbons (Fsp3) is 0.667. The van der Waals surface area contributed by atoms with Crippen molar-refractivity contribution < 1.29 is 48.6 Å². The Hall–Kier alpha value is -2.52. The second kappa shape index (κ2) is 15.7. The van der Waals surface area contributed by atoms with Gasteiger partial charge in [0.15, 0.2) is 11.6 Å². The number of carboxylic acid groups (broad SMARTS) is 2. The first-order valence-corrected chi connectivity index (χ1v) is 18.2. The lowest BCUT2D eigenvalue weighted by Crippen LogP contribution is -2.53. The molecule has 0 radical (unpaired) electrons. The van der Waals surface area contributed by atoms with Gasteiger partial charge in [-0.15, -0.1) is 23.5 Å². The Kier molecular flexibility index (Phi) is 12.2. The van der Waals surface area contributed by atoms with Crippen molar-refractivity contribution >= 4 is 92.2 Å². The SMILES string of the molecule is O=C1CC[C@@H](C(=O)C2NC(C(=O)NC(CSSC[C@H](NC(=O)C3CSC(C(=O)[C@@H]4CCC(=O)N4)N3)C(=O)O)C(=O)O)CS2)N1. The third kappa shape index (κ3) is 9.03. The normalized spacial score (nSPS) is 29.4. The Labute approximate surface area is 267 Å². The molecule has 0 aliphatic carbocycles. The maximum atomic E-state index is 12.7. The Morgan fingerprint density at radius 3 is 1.41 bits per heavy atom. The standard InChI is InChI=1S/C24H32N6O10S4/c31-15-3-1-9(25-15)17(33)21-29-11(5-41-21)19(35)27-13(23(37)38)7-43-44-8-14(24(39)40)28-20(36)12-6-42-22(30-12)18(34)10-2-4-16(32)26-10/h9-14,21-22,29-30H,1-8H2,(H,25,31)(H,26,32)(H,27,35)(H,28,36)(H,37,38)(H,39,40)/t9-,10-,11?,12?,13-,14?,21?,22?/m0/s1. The van der Waals surface area contributed by atoms with Crippen LogP contribution in [0.15, 0.2) is 0 Å². The first kappa shape index (κ1) is 34.4. The van der Waals surface area contributed by atoms with E-state index in [1.807, 2.05) is 0 Å². The molecule has 20 heteroatoms. The van der Waals surface area contributed by atoms with Gasteiger partial charge in [0.2, 0.25) is 23.6 Å². The number of hydrogen-bond acceptors (Lipinski definition) is 14. The fourth-order valence-corrected chi connectivity index (χ4v) is 9.47. The van der Waals surface area contributed by atoms with Crippen molar-refractivity contribution in [2.24, 2.45) is 0 Å². The van der Waals surface area contributed by atoms with Crippen LogP contribution < -0.4 is 31.9 Å². The smallest absolute Gasteiger partial charge is 0.327 e. The summed E-state index contributed by atoms with van der Waals surface area (Å²) in [6, 6.07) is -5.46. The Balaban J connectivity index is 1.17. The summed E-state index contributed by atoms with van der Waals surface area (Å²) in [6.45, 7) is 0. The topological polar surface area (TPSA) is 249 Å². The number of ketones is 2. The van der Waals surface area contributed by atoms with E-state index in [0.717, 1.165) is 21.6 Å². The van der Waals surface area contributed by atoms with Gasteiger partial charge >= 0.3 is 11.9 Å². The minimum atomic E-state index is -1.30. The molecular weight excluding hydrogens is 661 g/mol. The summed E-state index contributed by atoms with van der Waals surface area (Å²) in [6.07, 6.45) is 1.29. The molecule has 8 atom stereocenters. The van der Waals surface area contributed by atoms with Crippen LogP contribution in [0.3, 0.4) is 0 Å². The molecule has 4 rings (SSSR count). The molecule has 242 valence electrons.